The summed E-state index contributed by atoms with van der Waals surface area (Å²) in [6.07, 6.45) is 0.604. The van der Waals surface area contributed by atoms with Crippen molar-refractivity contribution in [3.8, 4) is 17.6 Å². The number of alkyl halides is 1. The molecule has 0 aromatic heterocycles. The third kappa shape index (κ3) is 4.47. The highest BCUT2D eigenvalue weighted by atomic mass is 35.5. The van der Waals surface area contributed by atoms with Crippen LogP contribution >= 0.6 is 11.6 Å². The van der Waals surface area contributed by atoms with Gasteiger partial charge in [0.2, 0.25) is 0 Å². The molecule has 0 fully saturated rings. The summed E-state index contributed by atoms with van der Waals surface area (Å²) >= 11 is 5.55. The first kappa shape index (κ1) is 15.3. The normalized spacial score (nSPS) is 9.86. The van der Waals surface area contributed by atoms with Gasteiger partial charge in [0.15, 0.2) is 0 Å². The number of halogens is 3. The van der Waals surface area contributed by atoms with Crippen LogP contribution in [-0.2, 0) is 6.61 Å². The van der Waals surface area contributed by atoms with E-state index >= 15 is 0 Å². The summed E-state index contributed by atoms with van der Waals surface area (Å²) in [5.74, 6) is 5.61. The van der Waals surface area contributed by atoms with Gasteiger partial charge in [0.1, 0.15) is 24.0 Å². The quantitative estimate of drug-likeness (QED) is 0.596. The minimum absolute atomic E-state index is 0.0869. The average Bonchev–Trinajstić information content (AvgIpc) is 2.47. The van der Waals surface area contributed by atoms with Crippen LogP contribution in [-0.4, -0.2) is 5.88 Å². The lowest BCUT2D eigenvalue weighted by Gasteiger charge is -2.08. The summed E-state index contributed by atoms with van der Waals surface area (Å²) in [5, 5.41) is 0. The van der Waals surface area contributed by atoms with E-state index in [2.05, 4.69) is 11.8 Å². The zero-order valence-electron chi connectivity index (χ0n) is 11.2. The highest BCUT2D eigenvalue weighted by Gasteiger charge is 2.08. The van der Waals surface area contributed by atoms with Gasteiger partial charge in [-0.15, -0.1) is 11.6 Å². The van der Waals surface area contributed by atoms with Crippen LogP contribution in [0.3, 0.4) is 0 Å². The molecule has 0 N–H and O–H groups in total. The summed E-state index contributed by atoms with van der Waals surface area (Å²) in [5.41, 5.74) is 0.683. The van der Waals surface area contributed by atoms with E-state index in [0.717, 1.165) is 5.56 Å². The predicted octanol–water partition coefficient (Wildman–Crippen LogP) is 4.52. The fourth-order valence-corrected chi connectivity index (χ4v) is 1.80. The number of hydrogen-bond donors (Lipinski definition) is 0. The molecule has 0 aliphatic rings. The van der Waals surface area contributed by atoms with Gasteiger partial charge in [0.25, 0.3) is 0 Å². The van der Waals surface area contributed by atoms with Crippen LogP contribution in [0.25, 0.3) is 0 Å². The lowest BCUT2D eigenvalue weighted by atomic mass is 10.2. The molecule has 2 aromatic rings. The molecule has 0 heterocycles. The first-order valence-corrected chi connectivity index (χ1v) is 6.95. The van der Waals surface area contributed by atoms with Crippen LogP contribution in [0.1, 0.15) is 17.5 Å². The number of benzene rings is 2. The van der Waals surface area contributed by atoms with E-state index in [1.165, 1.54) is 18.2 Å². The molecule has 0 radical (unpaired) electrons. The molecular formula is C17H13ClF2O. The average molecular weight is 307 g/mol. The second-order valence-corrected chi connectivity index (χ2v) is 4.64. The maximum Gasteiger partial charge on any atom is 0.132 e. The van der Waals surface area contributed by atoms with E-state index in [4.69, 9.17) is 16.3 Å². The predicted molar refractivity (Wildman–Crippen MR) is 79.3 cm³/mol. The van der Waals surface area contributed by atoms with Gasteiger partial charge in [-0.1, -0.05) is 24.0 Å². The number of ether oxygens (including phenoxy) is 1. The molecule has 2 rings (SSSR count). The standard InChI is InChI=1S/C17H13ClF2O/c18-10-2-1-5-13-6-3-7-14(11-13)21-12-15-16(19)8-4-9-17(15)20/h3-4,6-9,11H,2,10,12H2. The first-order valence-electron chi connectivity index (χ1n) is 6.41. The molecule has 0 aliphatic carbocycles. The third-order valence-corrected chi connectivity index (χ3v) is 2.92. The van der Waals surface area contributed by atoms with Crippen molar-refractivity contribution in [1.29, 1.82) is 0 Å². The Morgan fingerprint density at radius 2 is 1.76 bits per heavy atom. The van der Waals surface area contributed by atoms with Crippen LogP contribution in [0.2, 0.25) is 0 Å². The van der Waals surface area contributed by atoms with Gasteiger partial charge in [-0.25, -0.2) is 8.78 Å². The molecular weight excluding hydrogens is 294 g/mol. The third-order valence-electron chi connectivity index (χ3n) is 2.73. The van der Waals surface area contributed by atoms with Gasteiger partial charge in [0, 0.05) is 17.9 Å². The van der Waals surface area contributed by atoms with Crippen molar-refractivity contribution in [3.63, 3.8) is 0 Å². The van der Waals surface area contributed by atoms with Crippen molar-refractivity contribution in [2.45, 2.75) is 13.0 Å². The van der Waals surface area contributed by atoms with Gasteiger partial charge < -0.3 is 4.74 Å². The summed E-state index contributed by atoms with van der Waals surface area (Å²) < 4.78 is 32.4. The first-order chi connectivity index (χ1) is 10.2. The Balaban J connectivity index is 2.07. The van der Waals surface area contributed by atoms with Gasteiger partial charge >= 0.3 is 0 Å². The number of rotatable bonds is 4. The van der Waals surface area contributed by atoms with E-state index < -0.39 is 11.6 Å². The molecule has 21 heavy (non-hydrogen) atoms. The highest BCUT2D eigenvalue weighted by Crippen LogP contribution is 2.18. The minimum atomic E-state index is -0.618. The van der Waals surface area contributed by atoms with Crippen molar-refractivity contribution in [1.82, 2.24) is 0 Å². The smallest absolute Gasteiger partial charge is 0.132 e. The van der Waals surface area contributed by atoms with Crippen molar-refractivity contribution in [2.75, 3.05) is 5.88 Å². The van der Waals surface area contributed by atoms with Gasteiger partial charge in [0.05, 0.1) is 5.56 Å². The van der Waals surface area contributed by atoms with Gasteiger partial charge in [-0.3, -0.25) is 0 Å². The zero-order valence-corrected chi connectivity index (χ0v) is 12.0. The Bertz CT molecular complexity index is 654. The van der Waals surface area contributed by atoms with Crippen molar-refractivity contribution in [2.24, 2.45) is 0 Å². The second kappa shape index (κ2) is 7.66. The monoisotopic (exact) mass is 306 g/mol. The fourth-order valence-electron chi connectivity index (χ4n) is 1.70. The van der Waals surface area contributed by atoms with Crippen LogP contribution in [0, 0.1) is 23.5 Å². The maximum atomic E-state index is 13.5. The summed E-state index contributed by atoms with van der Waals surface area (Å²) in [6.45, 7) is -0.170. The lowest BCUT2D eigenvalue weighted by Crippen LogP contribution is -2.01. The van der Waals surface area contributed by atoms with E-state index in [-0.39, 0.29) is 12.2 Å². The SMILES string of the molecule is Fc1cccc(F)c1COc1cccc(C#CCCCl)c1. The van der Waals surface area contributed by atoms with Gasteiger partial charge in [-0.2, -0.15) is 0 Å². The second-order valence-electron chi connectivity index (χ2n) is 4.26. The molecule has 4 heteroatoms. The van der Waals surface area contributed by atoms with E-state index in [1.807, 2.05) is 6.07 Å². The summed E-state index contributed by atoms with van der Waals surface area (Å²) in [4.78, 5) is 0. The molecule has 0 bridgehead atoms. The molecule has 0 amide bonds. The Kier molecular flexibility index (Phi) is 5.59. The molecule has 0 aliphatic heterocycles. The Morgan fingerprint density at radius 1 is 1.05 bits per heavy atom. The van der Waals surface area contributed by atoms with E-state index in [0.29, 0.717) is 18.1 Å². The Morgan fingerprint density at radius 3 is 2.48 bits per heavy atom. The fraction of sp³-hybridized carbons (Fsp3) is 0.176. The molecule has 108 valence electrons. The Labute approximate surface area is 127 Å². The largest absolute Gasteiger partial charge is 0.489 e. The Hall–Kier alpha value is -2.05. The van der Waals surface area contributed by atoms with Crippen LogP contribution in [0.4, 0.5) is 8.78 Å². The lowest BCUT2D eigenvalue weighted by molar-refractivity contribution is 0.292. The van der Waals surface area contributed by atoms with Crippen LogP contribution < -0.4 is 4.74 Å². The van der Waals surface area contributed by atoms with Crippen molar-refractivity contribution < 1.29 is 13.5 Å². The molecule has 0 saturated heterocycles. The molecule has 0 saturated carbocycles. The summed E-state index contributed by atoms with van der Waals surface area (Å²) in [6, 6.07) is 10.8. The topological polar surface area (TPSA) is 9.23 Å². The maximum absolute atomic E-state index is 13.5. The van der Waals surface area contributed by atoms with E-state index in [1.54, 1.807) is 18.2 Å². The van der Waals surface area contributed by atoms with E-state index in [9.17, 15) is 8.78 Å². The van der Waals surface area contributed by atoms with Crippen molar-refractivity contribution in [3.05, 3.63) is 65.2 Å². The summed E-state index contributed by atoms with van der Waals surface area (Å²) in [7, 11) is 0. The van der Waals surface area contributed by atoms with Crippen LogP contribution in [0.5, 0.6) is 5.75 Å². The van der Waals surface area contributed by atoms with Crippen molar-refractivity contribution >= 4 is 11.6 Å². The molecule has 0 atom stereocenters. The molecule has 2 aromatic carbocycles. The highest BCUT2D eigenvalue weighted by molar-refractivity contribution is 6.18. The van der Waals surface area contributed by atoms with Crippen LogP contribution in [0.15, 0.2) is 42.5 Å². The number of hydrogen-bond acceptors (Lipinski definition) is 1. The van der Waals surface area contributed by atoms with Gasteiger partial charge in [-0.05, 0) is 30.3 Å². The minimum Gasteiger partial charge on any atom is -0.489 e. The molecule has 0 unspecified atom stereocenters. The molecule has 0 spiro atoms. The molecule has 1 nitrogen and oxygen atoms in total. The zero-order chi connectivity index (χ0) is 15.1.